The fourth-order valence-corrected chi connectivity index (χ4v) is 2.49. The largest absolute Gasteiger partial charge is 0.382 e. The van der Waals surface area contributed by atoms with Crippen molar-refractivity contribution < 1.29 is 17.9 Å². The number of hydrogen-bond acceptors (Lipinski definition) is 4. The molecule has 1 N–H and O–H groups in total. The molecule has 1 aromatic carbocycles. The average molecular weight is 287 g/mol. The molecule has 0 saturated carbocycles. The first kappa shape index (κ1) is 15.9. The van der Waals surface area contributed by atoms with Gasteiger partial charge in [0.1, 0.15) is 0 Å². The maximum absolute atomic E-state index is 11.9. The maximum atomic E-state index is 11.9. The maximum Gasteiger partial charge on any atom is 0.235 e. The monoisotopic (exact) mass is 287 g/mol. The molecule has 0 amide bonds. The third-order valence-corrected chi connectivity index (χ3v) is 4.03. The Balaban J connectivity index is 2.52. The van der Waals surface area contributed by atoms with Crippen molar-refractivity contribution in [2.24, 2.45) is 0 Å². The predicted molar refractivity (Wildman–Crippen MR) is 76.0 cm³/mol. The molecule has 0 aliphatic rings. The minimum absolute atomic E-state index is 0.0654. The number of sulfonamides is 1. The molecule has 0 saturated heterocycles. The zero-order valence-corrected chi connectivity index (χ0v) is 12.4. The number of nitrogens with one attached hydrogen (secondary N) is 1. The average Bonchev–Trinajstić information content (AvgIpc) is 2.34. The Labute approximate surface area is 115 Å². The molecule has 0 heterocycles. The third-order valence-electron chi connectivity index (χ3n) is 2.80. The molecule has 0 spiro atoms. The fraction of sp³-hybridized carbons (Fsp3) is 0.538. The van der Waals surface area contributed by atoms with Crippen molar-refractivity contribution in [2.45, 2.75) is 13.8 Å². The molecule has 0 unspecified atom stereocenters. The van der Waals surface area contributed by atoms with Crippen LogP contribution in [0, 0.1) is 13.8 Å². The topological polar surface area (TPSA) is 64.6 Å². The molecule has 0 aliphatic carbocycles. The van der Waals surface area contributed by atoms with Crippen LogP contribution in [0.3, 0.4) is 0 Å². The first-order chi connectivity index (χ1) is 8.96. The molecule has 0 atom stereocenters. The van der Waals surface area contributed by atoms with Crippen molar-refractivity contribution in [3.05, 3.63) is 29.3 Å². The molecule has 0 bridgehead atoms. The summed E-state index contributed by atoms with van der Waals surface area (Å²) in [7, 11) is -1.81. The fourth-order valence-electron chi connectivity index (χ4n) is 1.49. The van der Waals surface area contributed by atoms with Crippen LogP contribution in [-0.2, 0) is 19.5 Å². The molecule has 0 aliphatic heterocycles. The van der Waals surface area contributed by atoms with Crippen LogP contribution in [0.5, 0.6) is 0 Å². The normalized spacial score (nSPS) is 11.5. The van der Waals surface area contributed by atoms with Crippen LogP contribution in [0.25, 0.3) is 0 Å². The van der Waals surface area contributed by atoms with Crippen LogP contribution in [0.1, 0.15) is 11.1 Å². The summed E-state index contributed by atoms with van der Waals surface area (Å²) >= 11 is 0. The quantitative estimate of drug-likeness (QED) is 0.739. The van der Waals surface area contributed by atoms with Gasteiger partial charge in [0.05, 0.1) is 31.3 Å². The summed E-state index contributed by atoms with van der Waals surface area (Å²) in [5.74, 6) is -0.0654. The van der Waals surface area contributed by atoms with E-state index >= 15 is 0 Å². The molecular formula is C13H21NO4S. The van der Waals surface area contributed by atoms with Crippen LogP contribution in [0.2, 0.25) is 0 Å². The Morgan fingerprint density at radius 3 is 2.58 bits per heavy atom. The Morgan fingerprint density at radius 2 is 1.89 bits per heavy atom. The summed E-state index contributed by atoms with van der Waals surface area (Å²) < 4.78 is 36.3. The van der Waals surface area contributed by atoms with Crippen LogP contribution in [-0.4, -0.2) is 41.1 Å². The number of rotatable bonds is 8. The number of ether oxygens (including phenoxy) is 2. The van der Waals surface area contributed by atoms with Crippen LogP contribution < -0.4 is 4.72 Å². The van der Waals surface area contributed by atoms with Gasteiger partial charge in [-0.05, 0) is 31.0 Å². The lowest BCUT2D eigenvalue weighted by atomic mass is 10.1. The predicted octanol–water partition coefficient (Wildman–Crippen LogP) is 1.71. The summed E-state index contributed by atoms with van der Waals surface area (Å²) in [6.45, 7) is 4.85. The van der Waals surface area contributed by atoms with Gasteiger partial charge in [-0.25, -0.2) is 8.42 Å². The SMILES string of the molecule is COCCOCCS(=O)(=O)Nc1cccc(C)c1C. The van der Waals surface area contributed by atoms with Gasteiger partial charge in [-0.15, -0.1) is 0 Å². The lowest BCUT2D eigenvalue weighted by Crippen LogP contribution is -2.21. The van der Waals surface area contributed by atoms with Crippen molar-refractivity contribution in [3.8, 4) is 0 Å². The second kappa shape index (κ2) is 7.47. The van der Waals surface area contributed by atoms with E-state index in [-0.39, 0.29) is 12.4 Å². The van der Waals surface area contributed by atoms with E-state index in [4.69, 9.17) is 9.47 Å². The van der Waals surface area contributed by atoms with Gasteiger partial charge in [0, 0.05) is 7.11 Å². The van der Waals surface area contributed by atoms with Crippen molar-refractivity contribution in [1.29, 1.82) is 0 Å². The van der Waals surface area contributed by atoms with Gasteiger partial charge in [-0.2, -0.15) is 0 Å². The zero-order valence-electron chi connectivity index (χ0n) is 11.6. The number of methoxy groups -OCH3 is 1. The van der Waals surface area contributed by atoms with Crippen LogP contribution in [0.15, 0.2) is 18.2 Å². The number of benzene rings is 1. The summed E-state index contributed by atoms with van der Waals surface area (Å²) in [6.07, 6.45) is 0. The molecule has 1 rings (SSSR count). The zero-order chi connectivity index (χ0) is 14.3. The molecule has 0 aromatic heterocycles. The van der Waals surface area contributed by atoms with E-state index < -0.39 is 10.0 Å². The summed E-state index contributed by atoms with van der Waals surface area (Å²) in [6, 6.07) is 5.53. The molecular weight excluding hydrogens is 266 g/mol. The standard InChI is InChI=1S/C13H21NO4S/c1-11-5-4-6-13(12(11)2)14-19(15,16)10-9-18-8-7-17-3/h4-6,14H,7-10H2,1-3H3. The van der Waals surface area contributed by atoms with E-state index in [1.54, 1.807) is 13.2 Å². The molecule has 5 nitrogen and oxygen atoms in total. The highest BCUT2D eigenvalue weighted by Crippen LogP contribution is 2.19. The molecule has 19 heavy (non-hydrogen) atoms. The van der Waals surface area contributed by atoms with Crippen molar-refractivity contribution >= 4 is 15.7 Å². The van der Waals surface area contributed by atoms with E-state index in [1.807, 2.05) is 26.0 Å². The molecule has 0 radical (unpaired) electrons. The van der Waals surface area contributed by atoms with Gasteiger partial charge < -0.3 is 9.47 Å². The van der Waals surface area contributed by atoms with Crippen molar-refractivity contribution in [3.63, 3.8) is 0 Å². The minimum Gasteiger partial charge on any atom is -0.382 e. The van der Waals surface area contributed by atoms with Crippen molar-refractivity contribution in [1.82, 2.24) is 0 Å². The number of hydrogen-bond donors (Lipinski definition) is 1. The Bertz CT molecular complexity index is 499. The van der Waals surface area contributed by atoms with Crippen LogP contribution >= 0.6 is 0 Å². The third kappa shape index (κ3) is 5.59. The Kier molecular flexibility index (Phi) is 6.27. The highest BCUT2D eigenvalue weighted by molar-refractivity contribution is 7.92. The van der Waals surface area contributed by atoms with E-state index in [0.29, 0.717) is 18.9 Å². The summed E-state index contributed by atoms with van der Waals surface area (Å²) in [5.41, 5.74) is 2.61. The minimum atomic E-state index is -3.38. The second-order valence-corrected chi connectivity index (χ2v) is 6.12. The Hall–Kier alpha value is -1.11. The van der Waals surface area contributed by atoms with Gasteiger partial charge in [-0.3, -0.25) is 4.72 Å². The van der Waals surface area contributed by atoms with Gasteiger partial charge in [0.25, 0.3) is 0 Å². The lowest BCUT2D eigenvalue weighted by Gasteiger charge is -2.12. The molecule has 0 fully saturated rings. The van der Waals surface area contributed by atoms with E-state index in [2.05, 4.69) is 4.72 Å². The first-order valence-corrected chi connectivity index (χ1v) is 7.75. The summed E-state index contributed by atoms with van der Waals surface area (Å²) in [4.78, 5) is 0. The summed E-state index contributed by atoms with van der Waals surface area (Å²) in [5, 5.41) is 0. The smallest absolute Gasteiger partial charge is 0.235 e. The number of anilines is 1. The lowest BCUT2D eigenvalue weighted by molar-refractivity contribution is 0.0785. The van der Waals surface area contributed by atoms with Crippen LogP contribution in [0.4, 0.5) is 5.69 Å². The van der Waals surface area contributed by atoms with E-state index in [1.165, 1.54) is 0 Å². The first-order valence-electron chi connectivity index (χ1n) is 6.09. The van der Waals surface area contributed by atoms with E-state index in [9.17, 15) is 8.42 Å². The van der Waals surface area contributed by atoms with Gasteiger partial charge in [0.15, 0.2) is 0 Å². The molecule has 108 valence electrons. The van der Waals surface area contributed by atoms with Crippen molar-refractivity contribution in [2.75, 3.05) is 37.4 Å². The highest BCUT2D eigenvalue weighted by Gasteiger charge is 2.12. The molecule has 6 heteroatoms. The number of aryl methyl sites for hydroxylation is 1. The van der Waals surface area contributed by atoms with Gasteiger partial charge in [0.2, 0.25) is 10.0 Å². The van der Waals surface area contributed by atoms with E-state index in [0.717, 1.165) is 11.1 Å². The highest BCUT2D eigenvalue weighted by atomic mass is 32.2. The second-order valence-electron chi connectivity index (χ2n) is 4.27. The van der Waals surface area contributed by atoms with Gasteiger partial charge >= 0.3 is 0 Å². The molecule has 1 aromatic rings. The van der Waals surface area contributed by atoms with Gasteiger partial charge in [-0.1, -0.05) is 12.1 Å². The Morgan fingerprint density at radius 1 is 1.16 bits per heavy atom.